The van der Waals surface area contributed by atoms with Gasteiger partial charge < -0.3 is 4.90 Å². The van der Waals surface area contributed by atoms with Crippen molar-refractivity contribution in [1.82, 2.24) is 24.7 Å². The van der Waals surface area contributed by atoms with Crippen molar-refractivity contribution in [3.05, 3.63) is 60.2 Å². The molecule has 3 saturated heterocycles. The number of amides is 1. The summed E-state index contributed by atoms with van der Waals surface area (Å²) in [5, 5.41) is 0. The van der Waals surface area contributed by atoms with Crippen molar-refractivity contribution in [2.75, 3.05) is 39.8 Å². The van der Waals surface area contributed by atoms with Crippen molar-refractivity contribution in [1.29, 1.82) is 0 Å². The normalized spacial score (nSPS) is 26.7. The fourth-order valence-electron chi connectivity index (χ4n) is 5.75. The van der Waals surface area contributed by atoms with Crippen molar-refractivity contribution in [2.24, 2.45) is 11.8 Å². The van der Waals surface area contributed by atoms with Gasteiger partial charge in [0.25, 0.3) is 5.91 Å². The zero-order valence-corrected chi connectivity index (χ0v) is 19.5. The molecular formula is C23H31Cl2N5O. The standard InChI is InChI=1S/C23H29N5O.2ClH/c1-26-14-18-15-28(16-20(18)22(26)17-5-3-2-4-6-17)19-7-11-27(12-8-19)23(29)21-13-24-9-10-25-21;;/h2-6,9-10,13,18-20,22H,7-8,11-12,14-16H2,1H3;2*1H/t18-,20+,22-;;/m0../s1. The summed E-state index contributed by atoms with van der Waals surface area (Å²) in [6.45, 7) is 5.19. The number of carbonyl (C=O) groups is 1. The fourth-order valence-corrected chi connectivity index (χ4v) is 5.75. The molecule has 0 unspecified atom stereocenters. The van der Waals surface area contributed by atoms with Crippen LogP contribution in [0.5, 0.6) is 0 Å². The van der Waals surface area contributed by atoms with E-state index in [1.165, 1.54) is 25.2 Å². The van der Waals surface area contributed by atoms with Gasteiger partial charge in [0.1, 0.15) is 5.69 Å². The quantitative estimate of drug-likeness (QED) is 0.699. The summed E-state index contributed by atoms with van der Waals surface area (Å²) in [7, 11) is 2.27. The van der Waals surface area contributed by atoms with Crippen LogP contribution >= 0.6 is 24.8 Å². The van der Waals surface area contributed by atoms with E-state index in [0.29, 0.717) is 23.7 Å². The Morgan fingerprint density at radius 1 is 1.00 bits per heavy atom. The number of nitrogens with zero attached hydrogens (tertiary/aromatic N) is 5. The minimum Gasteiger partial charge on any atom is -0.337 e. The Balaban J connectivity index is 0.00000136. The second kappa shape index (κ2) is 10.3. The van der Waals surface area contributed by atoms with Crippen LogP contribution in [0.4, 0.5) is 0 Å². The van der Waals surface area contributed by atoms with Crippen LogP contribution in [0, 0.1) is 11.8 Å². The second-order valence-electron chi connectivity index (χ2n) is 8.79. The van der Waals surface area contributed by atoms with E-state index in [-0.39, 0.29) is 30.7 Å². The van der Waals surface area contributed by atoms with Gasteiger partial charge in [-0.1, -0.05) is 30.3 Å². The van der Waals surface area contributed by atoms with E-state index in [2.05, 4.69) is 57.1 Å². The predicted molar refractivity (Wildman–Crippen MR) is 126 cm³/mol. The molecule has 0 N–H and O–H groups in total. The molecular weight excluding hydrogens is 433 g/mol. The molecule has 8 heteroatoms. The number of benzene rings is 1. The summed E-state index contributed by atoms with van der Waals surface area (Å²) in [6.07, 6.45) is 6.86. The number of aromatic nitrogens is 2. The number of hydrogen-bond acceptors (Lipinski definition) is 5. The summed E-state index contributed by atoms with van der Waals surface area (Å²) in [4.78, 5) is 28.0. The lowest BCUT2D eigenvalue weighted by atomic mass is 9.90. The van der Waals surface area contributed by atoms with E-state index in [1.54, 1.807) is 18.6 Å². The first kappa shape index (κ1) is 23.9. The molecule has 0 aliphatic carbocycles. The SMILES string of the molecule is CN1C[C@H]2CN(C3CCN(C(=O)c4cnccn4)CC3)C[C@H]2[C@@H]1c1ccccc1.Cl.Cl. The predicted octanol–water partition coefficient (Wildman–Crippen LogP) is 3.16. The van der Waals surface area contributed by atoms with E-state index in [9.17, 15) is 4.79 Å². The van der Waals surface area contributed by atoms with Crippen LogP contribution in [0.15, 0.2) is 48.9 Å². The van der Waals surface area contributed by atoms with E-state index < -0.39 is 0 Å². The van der Waals surface area contributed by atoms with Crippen molar-refractivity contribution < 1.29 is 4.79 Å². The number of rotatable bonds is 3. The van der Waals surface area contributed by atoms with E-state index in [1.807, 2.05) is 4.90 Å². The zero-order valence-electron chi connectivity index (χ0n) is 17.8. The highest BCUT2D eigenvalue weighted by atomic mass is 35.5. The van der Waals surface area contributed by atoms with Crippen molar-refractivity contribution in [3.8, 4) is 0 Å². The van der Waals surface area contributed by atoms with Gasteiger partial charge in [0, 0.05) is 57.2 Å². The molecule has 1 amide bonds. The van der Waals surface area contributed by atoms with Crippen LogP contribution < -0.4 is 0 Å². The van der Waals surface area contributed by atoms with Crippen molar-refractivity contribution in [2.45, 2.75) is 24.9 Å². The van der Waals surface area contributed by atoms with Crippen molar-refractivity contribution in [3.63, 3.8) is 0 Å². The first-order chi connectivity index (χ1) is 14.2. The molecule has 6 nitrogen and oxygen atoms in total. The molecule has 3 aliphatic heterocycles. The number of piperidine rings is 1. The Hall–Kier alpha value is -1.73. The Bertz CT molecular complexity index is 848. The number of carbonyl (C=O) groups excluding carboxylic acids is 1. The minimum absolute atomic E-state index is 0. The maximum absolute atomic E-state index is 12.6. The van der Waals surface area contributed by atoms with Crippen LogP contribution in [-0.2, 0) is 0 Å². The molecule has 168 valence electrons. The summed E-state index contributed by atoms with van der Waals surface area (Å²) < 4.78 is 0. The molecule has 3 fully saturated rings. The summed E-state index contributed by atoms with van der Waals surface area (Å²) in [5.74, 6) is 1.48. The average Bonchev–Trinajstić information content (AvgIpc) is 3.31. The molecule has 1 aromatic carbocycles. The zero-order chi connectivity index (χ0) is 19.8. The highest BCUT2D eigenvalue weighted by molar-refractivity contribution is 5.92. The number of fused-ring (bicyclic) bond motifs is 1. The van der Waals surface area contributed by atoms with Gasteiger partial charge in [-0.05, 0) is 37.3 Å². The van der Waals surface area contributed by atoms with Gasteiger partial charge in [-0.15, -0.1) is 24.8 Å². The summed E-state index contributed by atoms with van der Waals surface area (Å²) >= 11 is 0. The lowest BCUT2D eigenvalue weighted by Gasteiger charge is -2.37. The van der Waals surface area contributed by atoms with E-state index >= 15 is 0 Å². The molecule has 0 radical (unpaired) electrons. The van der Waals surface area contributed by atoms with Gasteiger partial charge in [0.15, 0.2) is 0 Å². The third-order valence-corrected chi connectivity index (χ3v) is 7.11. The third kappa shape index (κ3) is 4.72. The topological polar surface area (TPSA) is 52.6 Å². The molecule has 0 bridgehead atoms. The molecule has 0 spiro atoms. The highest BCUT2D eigenvalue weighted by Gasteiger charge is 2.47. The Morgan fingerprint density at radius 2 is 1.74 bits per heavy atom. The molecule has 3 aliphatic rings. The van der Waals surface area contributed by atoms with Gasteiger partial charge >= 0.3 is 0 Å². The molecule has 1 aromatic heterocycles. The number of halogens is 2. The van der Waals surface area contributed by atoms with E-state index in [4.69, 9.17) is 0 Å². The summed E-state index contributed by atoms with van der Waals surface area (Å²) in [6, 6.07) is 12.1. The second-order valence-corrected chi connectivity index (χ2v) is 8.79. The monoisotopic (exact) mass is 463 g/mol. The molecule has 4 heterocycles. The fraction of sp³-hybridized carbons (Fsp3) is 0.522. The van der Waals surface area contributed by atoms with Crippen LogP contribution in [0.1, 0.15) is 34.9 Å². The summed E-state index contributed by atoms with van der Waals surface area (Å²) in [5.41, 5.74) is 1.91. The average molecular weight is 464 g/mol. The lowest BCUT2D eigenvalue weighted by Crippen LogP contribution is -2.47. The molecule has 2 aromatic rings. The number of likely N-dealkylation sites (tertiary alicyclic amines) is 3. The van der Waals surface area contributed by atoms with Gasteiger partial charge in [-0.3, -0.25) is 19.6 Å². The van der Waals surface area contributed by atoms with Crippen LogP contribution in [-0.4, -0.2) is 76.4 Å². The van der Waals surface area contributed by atoms with Gasteiger partial charge in [-0.2, -0.15) is 0 Å². The van der Waals surface area contributed by atoms with Gasteiger partial charge in [0.2, 0.25) is 0 Å². The Kier molecular flexibility index (Phi) is 7.92. The van der Waals surface area contributed by atoms with Gasteiger partial charge in [0.05, 0.1) is 6.20 Å². The minimum atomic E-state index is 0. The highest BCUT2D eigenvalue weighted by Crippen LogP contribution is 2.45. The van der Waals surface area contributed by atoms with Crippen molar-refractivity contribution >= 4 is 30.7 Å². The van der Waals surface area contributed by atoms with Crippen LogP contribution in [0.3, 0.4) is 0 Å². The largest absolute Gasteiger partial charge is 0.337 e. The van der Waals surface area contributed by atoms with Crippen LogP contribution in [0.2, 0.25) is 0 Å². The molecule has 0 saturated carbocycles. The Labute approximate surface area is 196 Å². The molecule has 5 rings (SSSR count). The Morgan fingerprint density at radius 3 is 2.42 bits per heavy atom. The maximum Gasteiger partial charge on any atom is 0.274 e. The van der Waals surface area contributed by atoms with E-state index in [0.717, 1.165) is 31.8 Å². The maximum atomic E-state index is 12.6. The first-order valence-corrected chi connectivity index (χ1v) is 10.7. The first-order valence-electron chi connectivity index (χ1n) is 10.7. The molecule has 3 atom stereocenters. The number of hydrogen-bond donors (Lipinski definition) is 0. The lowest BCUT2D eigenvalue weighted by molar-refractivity contribution is 0.0622. The molecule has 31 heavy (non-hydrogen) atoms. The smallest absolute Gasteiger partial charge is 0.274 e. The van der Waals surface area contributed by atoms with Gasteiger partial charge in [-0.25, -0.2) is 4.98 Å². The van der Waals surface area contributed by atoms with Crippen LogP contribution in [0.25, 0.3) is 0 Å². The third-order valence-electron chi connectivity index (χ3n) is 7.11.